The Balaban J connectivity index is 2.33. The summed E-state index contributed by atoms with van der Waals surface area (Å²) < 4.78 is 5.56. The van der Waals surface area contributed by atoms with E-state index >= 15 is 0 Å². The van der Waals surface area contributed by atoms with E-state index in [1.807, 2.05) is 20.8 Å². The Hall–Kier alpha value is -1.56. The van der Waals surface area contributed by atoms with Crippen LogP contribution >= 0.6 is 11.8 Å². The average Bonchev–Trinajstić information content (AvgIpc) is 2.65. The van der Waals surface area contributed by atoms with Gasteiger partial charge in [0.15, 0.2) is 0 Å². The van der Waals surface area contributed by atoms with Crippen molar-refractivity contribution in [1.29, 1.82) is 0 Å². The van der Waals surface area contributed by atoms with E-state index in [2.05, 4.69) is 21.9 Å². The number of anilines is 1. The van der Waals surface area contributed by atoms with Crippen LogP contribution < -0.4 is 5.73 Å². The molecular formula is C13H18N4OS. The number of hydrogen-bond acceptors (Lipinski definition) is 6. The van der Waals surface area contributed by atoms with Gasteiger partial charge in [0, 0.05) is 12.0 Å². The van der Waals surface area contributed by atoms with Crippen molar-refractivity contribution in [2.75, 3.05) is 5.73 Å². The lowest BCUT2D eigenvalue weighted by Gasteiger charge is -2.07. The minimum Gasteiger partial charge on any atom is -0.436 e. The highest BCUT2D eigenvalue weighted by Crippen LogP contribution is 2.31. The van der Waals surface area contributed by atoms with Gasteiger partial charge in [-0.2, -0.15) is 0 Å². The zero-order chi connectivity index (χ0) is 14.0. The topological polar surface area (TPSA) is 77.8 Å². The number of rotatable bonds is 4. The third-order valence-electron chi connectivity index (χ3n) is 2.85. The van der Waals surface area contributed by atoms with E-state index in [1.165, 1.54) is 11.8 Å². The predicted octanol–water partition coefficient (Wildman–Crippen LogP) is 3.08. The number of aryl methyl sites for hydroxylation is 3. The van der Waals surface area contributed by atoms with E-state index in [-0.39, 0.29) is 0 Å². The van der Waals surface area contributed by atoms with Crippen molar-refractivity contribution in [2.45, 2.75) is 50.8 Å². The van der Waals surface area contributed by atoms with E-state index in [0.29, 0.717) is 11.0 Å². The van der Waals surface area contributed by atoms with Crippen molar-refractivity contribution in [1.82, 2.24) is 15.0 Å². The molecule has 2 aromatic heterocycles. The van der Waals surface area contributed by atoms with Gasteiger partial charge in [-0.15, -0.1) is 0 Å². The predicted molar refractivity (Wildman–Crippen MR) is 75.3 cm³/mol. The van der Waals surface area contributed by atoms with E-state index < -0.39 is 0 Å². The van der Waals surface area contributed by atoms with Crippen molar-refractivity contribution in [3.05, 3.63) is 22.8 Å². The molecule has 0 fully saturated rings. The average molecular weight is 278 g/mol. The zero-order valence-electron chi connectivity index (χ0n) is 11.6. The summed E-state index contributed by atoms with van der Waals surface area (Å²) in [4.78, 5) is 13.2. The lowest BCUT2D eigenvalue weighted by molar-refractivity contribution is 0.431. The normalized spacial score (nSPS) is 10.9. The SMILES string of the molecule is CCCc1nc(N)c(C)c(Sc2nc(C)c(C)o2)n1. The largest absolute Gasteiger partial charge is 0.436 e. The molecule has 0 aliphatic heterocycles. The van der Waals surface area contributed by atoms with Crippen molar-refractivity contribution in [3.8, 4) is 0 Å². The van der Waals surface area contributed by atoms with Gasteiger partial charge < -0.3 is 10.2 Å². The maximum atomic E-state index is 5.93. The van der Waals surface area contributed by atoms with Crippen molar-refractivity contribution < 1.29 is 4.42 Å². The highest BCUT2D eigenvalue weighted by atomic mass is 32.2. The van der Waals surface area contributed by atoms with Crippen LogP contribution in [-0.4, -0.2) is 15.0 Å². The molecule has 0 saturated carbocycles. The molecule has 6 heteroatoms. The van der Waals surface area contributed by atoms with Crippen LogP contribution in [0.3, 0.4) is 0 Å². The van der Waals surface area contributed by atoms with Gasteiger partial charge >= 0.3 is 0 Å². The molecule has 0 aromatic carbocycles. The Morgan fingerprint density at radius 1 is 1.16 bits per heavy atom. The van der Waals surface area contributed by atoms with E-state index in [4.69, 9.17) is 10.2 Å². The Labute approximate surface area is 117 Å². The number of nitrogens with zero attached hydrogens (tertiary/aromatic N) is 3. The van der Waals surface area contributed by atoms with Crippen LogP contribution in [0, 0.1) is 20.8 Å². The molecule has 0 aliphatic carbocycles. The van der Waals surface area contributed by atoms with E-state index in [9.17, 15) is 0 Å². The second-order valence-corrected chi connectivity index (χ2v) is 5.37. The van der Waals surface area contributed by atoms with Crippen molar-refractivity contribution >= 4 is 17.6 Å². The van der Waals surface area contributed by atoms with Gasteiger partial charge in [-0.05, 0) is 39.0 Å². The van der Waals surface area contributed by atoms with E-state index in [0.717, 1.165) is 40.7 Å². The number of nitrogen functional groups attached to an aromatic ring is 1. The monoisotopic (exact) mass is 278 g/mol. The molecule has 2 rings (SSSR count). The first-order valence-electron chi connectivity index (χ1n) is 6.26. The highest BCUT2D eigenvalue weighted by Gasteiger charge is 2.14. The minimum absolute atomic E-state index is 0.529. The van der Waals surface area contributed by atoms with Crippen LogP contribution in [0.5, 0.6) is 0 Å². The van der Waals surface area contributed by atoms with Crippen LogP contribution in [-0.2, 0) is 6.42 Å². The van der Waals surface area contributed by atoms with Gasteiger partial charge in [0.25, 0.3) is 5.22 Å². The molecule has 0 radical (unpaired) electrons. The van der Waals surface area contributed by atoms with Crippen LogP contribution in [0.1, 0.15) is 36.2 Å². The summed E-state index contributed by atoms with van der Waals surface area (Å²) in [7, 11) is 0. The smallest absolute Gasteiger partial charge is 0.262 e. The second-order valence-electron chi connectivity index (χ2n) is 4.43. The molecule has 0 bridgehead atoms. The van der Waals surface area contributed by atoms with Crippen LogP contribution in [0.2, 0.25) is 0 Å². The summed E-state index contributed by atoms with van der Waals surface area (Å²) in [6.45, 7) is 7.83. The number of nitrogens with two attached hydrogens (primary N) is 1. The Kier molecular flexibility index (Phi) is 4.09. The molecule has 0 aliphatic rings. The minimum atomic E-state index is 0.529. The van der Waals surface area contributed by atoms with Crippen molar-refractivity contribution in [3.63, 3.8) is 0 Å². The fraction of sp³-hybridized carbons (Fsp3) is 0.462. The molecule has 0 amide bonds. The Morgan fingerprint density at radius 2 is 1.89 bits per heavy atom. The summed E-state index contributed by atoms with van der Waals surface area (Å²) in [5.41, 5.74) is 7.70. The lowest BCUT2D eigenvalue weighted by Crippen LogP contribution is -2.04. The highest BCUT2D eigenvalue weighted by molar-refractivity contribution is 7.99. The molecule has 102 valence electrons. The summed E-state index contributed by atoms with van der Waals surface area (Å²) in [6, 6.07) is 0. The number of hydrogen-bond donors (Lipinski definition) is 1. The molecular weight excluding hydrogens is 260 g/mol. The molecule has 0 spiro atoms. The molecule has 2 aromatic rings. The van der Waals surface area contributed by atoms with Gasteiger partial charge in [-0.3, -0.25) is 0 Å². The van der Waals surface area contributed by atoms with Crippen LogP contribution in [0.15, 0.2) is 14.7 Å². The fourth-order valence-corrected chi connectivity index (χ4v) is 2.49. The molecule has 0 saturated heterocycles. The Bertz CT molecular complexity index is 575. The molecule has 5 nitrogen and oxygen atoms in total. The first-order chi connectivity index (χ1) is 9.01. The number of aromatic nitrogens is 3. The van der Waals surface area contributed by atoms with E-state index in [1.54, 1.807) is 0 Å². The van der Waals surface area contributed by atoms with Crippen LogP contribution in [0.4, 0.5) is 5.82 Å². The second kappa shape index (κ2) is 5.61. The van der Waals surface area contributed by atoms with Gasteiger partial charge in [0.1, 0.15) is 22.4 Å². The van der Waals surface area contributed by atoms with Gasteiger partial charge in [-0.1, -0.05) is 6.92 Å². The van der Waals surface area contributed by atoms with Gasteiger partial charge in [-0.25, -0.2) is 15.0 Å². The maximum absolute atomic E-state index is 5.93. The Morgan fingerprint density at radius 3 is 2.47 bits per heavy atom. The summed E-state index contributed by atoms with van der Waals surface area (Å²) in [5, 5.41) is 1.41. The molecule has 0 unspecified atom stereocenters. The van der Waals surface area contributed by atoms with Crippen molar-refractivity contribution in [2.24, 2.45) is 0 Å². The molecule has 2 N–H and O–H groups in total. The quantitative estimate of drug-likeness (QED) is 0.866. The molecule has 19 heavy (non-hydrogen) atoms. The number of oxazole rings is 1. The zero-order valence-corrected chi connectivity index (χ0v) is 12.5. The van der Waals surface area contributed by atoms with Gasteiger partial charge in [0.2, 0.25) is 0 Å². The van der Waals surface area contributed by atoms with Crippen LogP contribution in [0.25, 0.3) is 0 Å². The lowest BCUT2D eigenvalue weighted by atomic mass is 10.3. The first-order valence-corrected chi connectivity index (χ1v) is 7.07. The third kappa shape index (κ3) is 3.07. The summed E-state index contributed by atoms with van der Waals surface area (Å²) in [6.07, 6.45) is 1.81. The third-order valence-corrected chi connectivity index (χ3v) is 3.79. The first kappa shape index (κ1) is 13.9. The molecule has 0 atom stereocenters. The standard InChI is InChI=1S/C13H18N4OS/c1-5-6-10-16-11(14)7(2)12(17-10)19-13-15-8(3)9(4)18-13/h5-6H2,1-4H3,(H2,14,16,17). The summed E-state index contributed by atoms with van der Waals surface area (Å²) >= 11 is 1.39. The molecule has 2 heterocycles. The van der Waals surface area contributed by atoms with Gasteiger partial charge in [0.05, 0.1) is 5.69 Å². The summed E-state index contributed by atoms with van der Waals surface area (Å²) in [5.74, 6) is 2.13. The fourth-order valence-electron chi connectivity index (χ4n) is 1.56. The maximum Gasteiger partial charge on any atom is 0.262 e.